The van der Waals surface area contributed by atoms with Gasteiger partial charge in [-0.05, 0) is 41.3 Å². The van der Waals surface area contributed by atoms with E-state index < -0.39 is 0 Å². The van der Waals surface area contributed by atoms with Crippen molar-refractivity contribution in [3.05, 3.63) is 152 Å². The van der Waals surface area contributed by atoms with Crippen LogP contribution in [0.4, 0.5) is 0 Å². The largest absolute Gasteiger partial charge is 0.456 e. The second kappa shape index (κ2) is 9.62. The van der Waals surface area contributed by atoms with Gasteiger partial charge in [-0.3, -0.25) is 0 Å². The van der Waals surface area contributed by atoms with Gasteiger partial charge in [0.15, 0.2) is 5.82 Å². The molecule has 4 heteroatoms. The fourth-order valence-electron chi connectivity index (χ4n) is 7.21. The molecule has 0 aliphatic rings. The lowest BCUT2D eigenvalue weighted by atomic mass is 9.99. The number of benzene rings is 6. The van der Waals surface area contributed by atoms with E-state index in [-0.39, 0.29) is 0 Å². The van der Waals surface area contributed by atoms with Gasteiger partial charge in [-0.2, -0.15) is 0 Å². The van der Waals surface area contributed by atoms with Crippen molar-refractivity contribution in [3.8, 4) is 45.2 Å². The molecule has 214 valence electrons. The van der Waals surface area contributed by atoms with E-state index >= 15 is 0 Å². The fourth-order valence-corrected chi connectivity index (χ4v) is 7.21. The van der Waals surface area contributed by atoms with E-state index in [0.29, 0.717) is 5.82 Å². The molecular weight excluding hydrogens is 562 g/mol. The Kier molecular flexibility index (Phi) is 5.25. The highest BCUT2D eigenvalue weighted by molar-refractivity contribution is 6.30. The predicted octanol–water partition coefficient (Wildman–Crippen LogP) is 11.0. The van der Waals surface area contributed by atoms with Crippen molar-refractivity contribution in [2.24, 2.45) is 0 Å². The third kappa shape index (κ3) is 3.55. The van der Waals surface area contributed by atoms with Gasteiger partial charge in [0.2, 0.25) is 0 Å². The number of hydrogen-bond donors (Lipinski definition) is 0. The molecule has 0 amide bonds. The van der Waals surface area contributed by atoms with Crippen LogP contribution in [0.5, 0.6) is 0 Å². The molecule has 10 rings (SSSR count). The van der Waals surface area contributed by atoms with Crippen molar-refractivity contribution in [1.82, 2.24) is 14.4 Å². The van der Waals surface area contributed by atoms with Gasteiger partial charge in [-0.25, -0.2) is 9.97 Å². The number of furan rings is 1. The summed E-state index contributed by atoms with van der Waals surface area (Å²) >= 11 is 0. The third-order valence-electron chi connectivity index (χ3n) is 9.16. The van der Waals surface area contributed by atoms with Crippen molar-refractivity contribution in [2.75, 3.05) is 0 Å². The molecule has 0 N–H and O–H groups in total. The molecular formula is C42H25N3O. The van der Waals surface area contributed by atoms with E-state index in [9.17, 15) is 0 Å². The Morgan fingerprint density at radius 3 is 1.74 bits per heavy atom. The molecule has 0 aliphatic heterocycles. The first-order valence-electron chi connectivity index (χ1n) is 15.5. The summed E-state index contributed by atoms with van der Waals surface area (Å²) in [7, 11) is 0. The summed E-state index contributed by atoms with van der Waals surface area (Å²) in [5.74, 6) is 0.670. The Hall–Kier alpha value is -6.26. The second-order valence-electron chi connectivity index (χ2n) is 11.8. The molecule has 4 heterocycles. The van der Waals surface area contributed by atoms with Crippen LogP contribution < -0.4 is 0 Å². The number of nitrogens with zero attached hydrogens (tertiary/aromatic N) is 3. The molecule has 0 unspecified atom stereocenters. The van der Waals surface area contributed by atoms with E-state index in [1.807, 2.05) is 12.1 Å². The average Bonchev–Trinajstić information content (AvgIpc) is 3.65. The second-order valence-corrected chi connectivity index (χ2v) is 11.8. The van der Waals surface area contributed by atoms with Crippen molar-refractivity contribution < 1.29 is 4.42 Å². The van der Waals surface area contributed by atoms with Gasteiger partial charge in [-0.15, -0.1) is 0 Å². The summed E-state index contributed by atoms with van der Waals surface area (Å²) in [5.41, 5.74) is 11.0. The number of rotatable bonds is 4. The number of hydrogen-bond acceptors (Lipinski definition) is 3. The number of fused-ring (bicyclic) bond motifs is 3. The minimum absolute atomic E-state index is 0.670. The minimum Gasteiger partial charge on any atom is -0.456 e. The van der Waals surface area contributed by atoms with Gasteiger partial charge in [0.05, 0.1) is 33.5 Å². The van der Waals surface area contributed by atoms with Gasteiger partial charge in [-0.1, -0.05) is 121 Å². The summed E-state index contributed by atoms with van der Waals surface area (Å²) in [6.45, 7) is 0. The molecule has 4 aromatic heterocycles. The van der Waals surface area contributed by atoms with E-state index in [1.54, 1.807) is 0 Å². The minimum atomic E-state index is 0.670. The monoisotopic (exact) mass is 587 g/mol. The van der Waals surface area contributed by atoms with Crippen LogP contribution in [0.3, 0.4) is 0 Å². The first kappa shape index (κ1) is 25.1. The van der Waals surface area contributed by atoms with Gasteiger partial charge < -0.3 is 8.82 Å². The van der Waals surface area contributed by atoms with E-state index in [1.165, 1.54) is 5.39 Å². The zero-order chi connectivity index (χ0) is 30.2. The Labute approximate surface area is 264 Å². The van der Waals surface area contributed by atoms with E-state index in [4.69, 9.17) is 14.4 Å². The first-order chi connectivity index (χ1) is 22.8. The maximum Gasteiger partial charge on any atom is 0.178 e. The van der Waals surface area contributed by atoms with Crippen LogP contribution in [-0.4, -0.2) is 14.4 Å². The molecule has 4 nitrogen and oxygen atoms in total. The summed E-state index contributed by atoms with van der Waals surface area (Å²) < 4.78 is 8.91. The Balaban J connectivity index is 1.47. The van der Waals surface area contributed by atoms with Crippen LogP contribution in [0.2, 0.25) is 0 Å². The van der Waals surface area contributed by atoms with Crippen LogP contribution >= 0.6 is 0 Å². The van der Waals surface area contributed by atoms with Gasteiger partial charge in [0.1, 0.15) is 11.2 Å². The lowest BCUT2D eigenvalue weighted by molar-refractivity contribution is 0.669. The standard InChI is InChI=1S/C42H25N3O/c1-4-13-26(14-5-1)32-25-33(27-15-6-2-7-16-27)44-42(43-32)41-37(28-17-8-3-9-18-28)31-23-24-36-39-38-30(20-12-22-35(38)46-36)29-19-10-11-21-34(29)45(41)40(31)39/h1-25H. The van der Waals surface area contributed by atoms with Crippen LogP contribution in [0.1, 0.15) is 0 Å². The van der Waals surface area contributed by atoms with Crippen LogP contribution in [0.15, 0.2) is 156 Å². The van der Waals surface area contributed by atoms with Crippen molar-refractivity contribution in [1.29, 1.82) is 0 Å². The van der Waals surface area contributed by atoms with Crippen LogP contribution in [0, 0.1) is 0 Å². The Morgan fingerprint density at radius 2 is 1.04 bits per heavy atom. The highest BCUT2D eigenvalue weighted by atomic mass is 16.3. The highest BCUT2D eigenvalue weighted by Gasteiger charge is 2.27. The van der Waals surface area contributed by atoms with E-state index in [2.05, 4.69) is 144 Å². The molecule has 0 atom stereocenters. The first-order valence-corrected chi connectivity index (χ1v) is 15.5. The molecule has 46 heavy (non-hydrogen) atoms. The summed E-state index contributed by atoms with van der Waals surface area (Å²) in [4.78, 5) is 10.7. The molecule has 0 fully saturated rings. The third-order valence-corrected chi connectivity index (χ3v) is 9.16. The van der Waals surface area contributed by atoms with Crippen LogP contribution in [-0.2, 0) is 0 Å². The van der Waals surface area contributed by atoms with Crippen molar-refractivity contribution >= 4 is 49.1 Å². The Morgan fingerprint density at radius 1 is 0.457 bits per heavy atom. The molecule has 6 aromatic carbocycles. The molecule has 0 saturated carbocycles. The molecule has 10 aromatic rings. The van der Waals surface area contributed by atoms with Gasteiger partial charge in [0, 0.05) is 32.8 Å². The normalized spacial score (nSPS) is 11.9. The SMILES string of the molecule is c1ccc(-c2cc(-c3ccccc3)nc(-c3c(-c4ccccc4)c4ccc5oc6cccc7c8ccccc8n3c4c5c67)n2)cc1. The predicted molar refractivity (Wildman–Crippen MR) is 188 cm³/mol. The summed E-state index contributed by atoms with van der Waals surface area (Å²) in [6.07, 6.45) is 0. The smallest absolute Gasteiger partial charge is 0.178 e. The molecule has 0 radical (unpaired) electrons. The fraction of sp³-hybridized carbons (Fsp3) is 0. The number of para-hydroxylation sites is 1. The molecule has 0 spiro atoms. The Bertz CT molecular complexity index is 2670. The lowest BCUT2D eigenvalue weighted by Gasteiger charge is -2.12. The van der Waals surface area contributed by atoms with Gasteiger partial charge in [0.25, 0.3) is 0 Å². The van der Waals surface area contributed by atoms with Crippen molar-refractivity contribution in [3.63, 3.8) is 0 Å². The molecule has 0 saturated heterocycles. The van der Waals surface area contributed by atoms with E-state index in [0.717, 1.165) is 83.1 Å². The zero-order valence-corrected chi connectivity index (χ0v) is 24.7. The quantitative estimate of drug-likeness (QED) is 0.206. The summed E-state index contributed by atoms with van der Waals surface area (Å²) in [6, 6.07) is 52.8. The molecule has 0 bridgehead atoms. The van der Waals surface area contributed by atoms with Crippen LogP contribution in [0.25, 0.3) is 94.3 Å². The number of aromatic nitrogens is 3. The maximum absolute atomic E-state index is 6.52. The average molecular weight is 588 g/mol. The zero-order valence-electron chi connectivity index (χ0n) is 24.7. The highest BCUT2D eigenvalue weighted by Crippen LogP contribution is 2.48. The van der Waals surface area contributed by atoms with Crippen molar-refractivity contribution in [2.45, 2.75) is 0 Å². The summed E-state index contributed by atoms with van der Waals surface area (Å²) in [5, 5.41) is 5.71. The topological polar surface area (TPSA) is 43.3 Å². The maximum atomic E-state index is 6.52. The lowest BCUT2D eigenvalue weighted by Crippen LogP contribution is -2.00. The van der Waals surface area contributed by atoms with Gasteiger partial charge >= 0.3 is 0 Å². The molecule has 0 aliphatic carbocycles.